The molecule has 1 N–H and O–H groups in total. The maximum atomic E-state index is 13.9. The highest BCUT2D eigenvalue weighted by Crippen LogP contribution is 2.30. The molecule has 3 aromatic rings. The third-order valence-corrected chi connectivity index (χ3v) is 8.18. The number of amides is 2. The van der Waals surface area contributed by atoms with E-state index in [0.717, 1.165) is 15.4 Å². The molecule has 0 bridgehead atoms. The summed E-state index contributed by atoms with van der Waals surface area (Å²) in [6.45, 7) is 7.18. The fourth-order valence-electron chi connectivity index (χ4n) is 3.96. The Morgan fingerprint density at radius 3 is 2.24 bits per heavy atom. The van der Waals surface area contributed by atoms with Crippen LogP contribution in [0.25, 0.3) is 0 Å². The third-order valence-electron chi connectivity index (χ3n) is 6.17. The molecule has 0 fully saturated rings. The van der Waals surface area contributed by atoms with Crippen molar-refractivity contribution in [2.24, 2.45) is 0 Å². The SMILES string of the molecule is CCNC(=O)[C@H](C)N(Cc1ccccc1C)C(=O)CN(c1cc(Cl)ccc1C)S(=O)(=O)c1ccccc1. The molecule has 7 nitrogen and oxygen atoms in total. The number of carbonyl (C=O) groups is 2. The Balaban J connectivity index is 2.07. The Bertz CT molecular complexity index is 1360. The average molecular weight is 542 g/mol. The lowest BCUT2D eigenvalue weighted by molar-refractivity contribution is -0.139. The lowest BCUT2D eigenvalue weighted by Gasteiger charge is -2.32. The van der Waals surface area contributed by atoms with Gasteiger partial charge in [-0.3, -0.25) is 13.9 Å². The van der Waals surface area contributed by atoms with Crippen molar-refractivity contribution in [2.45, 2.75) is 45.2 Å². The number of aryl methyl sites for hydroxylation is 2. The first-order chi connectivity index (χ1) is 17.6. The van der Waals surface area contributed by atoms with Gasteiger partial charge in [-0.1, -0.05) is 60.1 Å². The summed E-state index contributed by atoms with van der Waals surface area (Å²) in [5, 5.41) is 3.10. The molecular formula is C28H32ClN3O4S. The van der Waals surface area contributed by atoms with Crippen LogP contribution < -0.4 is 9.62 Å². The predicted octanol–water partition coefficient (Wildman–Crippen LogP) is 4.71. The zero-order chi connectivity index (χ0) is 27.2. The van der Waals surface area contributed by atoms with Gasteiger partial charge >= 0.3 is 0 Å². The molecule has 0 aromatic heterocycles. The van der Waals surface area contributed by atoms with Gasteiger partial charge in [0, 0.05) is 18.1 Å². The second-order valence-corrected chi connectivity index (χ2v) is 11.1. The van der Waals surface area contributed by atoms with Gasteiger partial charge in [-0.25, -0.2) is 8.42 Å². The van der Waals surface area contributed by atoms with E-state index in [1.807, 2.05) is 31.2 Å². The number of carbonyl (C=O) groups excluding carboxylic acids is 2. The normalized spacial score (nSPS) is 12.0. The number of likely N-dealkylation sites (N-methyl/N-ethyl adjacent to an activating group) is 1. The second-order valence-electron chi connectivity index (χ2n) is 8.77. The molecule has 1 atom stereocenters. The van der Waals surface area contributed by atoms with Gasteiger partial charge in [-0.15, -0.1) is 0 Å². The Labute approximate surface area is 224 Å². The number of benzene rings is 3. The average Bonchev–Trinajstić information content (AvgIpc) is 2.88. The highest BCUT2D eigenvalue weighted by atomic mass is 35.5. The van der Waals surface area contributed by atoms with Crippen LogP contribution in [0, 0.1) is 13.8 Å². The summed E-state index contributed by atoms with van der Waals surface area (Å²) < 4.78 is 28.7. The summed E-state index contributed by atoms with van der Waals surface area (Å²) in [6.07, 6.45) is 0. The van der Waals surface area contributed by atoms with Gasteiger partial charge in [0.2, 0.25) is 11.8 Å². The molecule has 3 aromatic carbocycles. The Hall–Kier alpha value is -3.36. The van der Waals surface area contributed by atoms with Crippen LogP contribution in [0.2, 0.25) is 5.02 Å². The number of anilines is 1. The van der Waals surface area contributed by atoms with Gasteiger partial charge in [-0.05, 0) is 68.7 Å². The molecule has 196 valence electrons. The van der Waals surface area contributed by atoms with Crippen LogP contribution in [0.5, 0.6) is 0 Å². The van der Waals surface area contributed by atoms with E-state index in [2.05, 4.69) is 5.32 Å². The van der Waals surface area contributed by atoms with Crippen LogP contribution in [-0.4, -0.2) is 44.3 Å². The minimum absolute atomic E-state index is 0.0457. The zero-order valence-electron chi connectivity index (χ0n) is 21.4. The minimum Gasteiger partial charge on any atom is -0.355 e. The molecular weight excluding hydrogens is 510 g/mol. The largest absolute Gasteiger partial charge is 0.355 e. The molecule has 0 saturated heterocycles. The van der Waals surface area contributed by atoms with Gasteiger partial charge in [0.25, 0.3) is 10.0 Å². The van der Waals surface area contributed by atoms with Crippen LogP contribution in [0.1, 0.15) is 30.5 Å². The summed E-state index contributed by atoms with van der Waals surface area (Å²) in [4.78, 5) is 28.1. The van der Waals surface area contributed by atoms with E-state index < -0.39 is 28.5 Å². The smallest absolute Gasteiger partial charge is 0.264 e. The first-order valence-corrected chi connectivity index (χ1v) is 13.8. The van der Waals surface area contributed by atoms with Crippen molar-refractivity contribution >= 4 is 39.1 Å². The highest BCUT2D eigenvalue weighted by molar-refractivity contribution is 7.92. The van der Waals surface area contributed by atoms with Crippen molar-refractivity contribution in [3.8, 4) is 0 Å². The number of rotatable bonds is 10. The Morgan fingerprint density at radius 1 is 0.946 bits per heavy atom. The fraction of sp³-hybridized carbons (Fsp3) is 0.286. The summed E-state index contributed by atoms with van der Waals surface area (Å²) in [7, 11) is -4.13. The summed E-state index contributed by atoms with van der Waals surface area (Å²) in [6, 6.07) is 19.6. The highest BCUT2D eigenvalue weighted by Gasteiger charge is 2.33. The molecule has 0 aliphatic carbocycles. The minimum atomic E-state index is -4.13. The first kappa shape index (κ1) is 28.2. The molecule has 9 heteroatoms. The van der Waals surface area contributed by atoms with E-state index in [4.69, 9.17) is 11.6 Å². The van der Waals surface area contributed by atoms with Gasteiger partial charge in [0.05, 0.1) is 10.6 Å². The summed E-state index contributed by atoms with van der Waals surface area (Å²) in [5.41, 5.74) is 2.76. The second kappa shape index (κ2) is 12.3. The molecule has 0 spiro atoms. The molecule has 0 radical (unpaired) electrons. The quantitative estimate of drug-likeness (QED) is 0.403. The number of sulfonamides is 1. The maximum absolute atomic E-state index is 13.9. The molecule has 0 heterocycles. The third kappa shape index (κ3) is 6.70. The molecule has 37 heavy (non-hydrogen) atoms. The number of nitrogens with zero attached hydrogens (tertiary/aromatic N) is 2. The van der Waals surface area contributed by atoms with Crippen molar-refractivity contribution in [3.63, 3.8) is 0 Å². The molecule has 0 aliphatic heterocycles. The van der Waals surface area contributed by atoms with E-state index in [1.54, 1.807) is 51.1 Å². The van der Waals surface area contributed by atoms with Crippen LogP contribution in [0.4, 0.5) is 5.69 Å². The first-order valence-electron chi connectivity index (χ1n) is 12.0. The van der Waals surface area contributed by atoms with Crippen LogP contribution in [-0.2, 0) is 26.2 Å². The maximum Gasteiger partial charge on any atom is 0.264 e. The van der Waals surface area contributed by atoms with E-state index in [1.165, 1.54) is 23.1 Å². The van der Waals surface area contributed by atoms with Gasteiger partial charge in [-0.2, -0.15) is 0 Å². The molecule has 0 aliphatic rings. The Morgan fingerprint density at radius 2 is 1.59 bits per heavy atom. The van der Waals surface area contributed by atoms with E-state index >= 15 is 0 Å². The monoisotopic (exact) mass is 541 g/mol. The fourth-order valence-corrected chi connectivity index (χ4v) is 5.62. The summed E-state index contributed by atoms with van der Waals surface area (Å²) in [5.74, 6) is -0.832. The standard InChI is InChI=1S/C28H32ClN3O4S/c1-5-30-28(34)22(4)31(18-23-12-10-9-11-20(23)2)27(33)19-32(26-17-24(29)16-15-21(26)3)37(35,36)25-13-7-6-8-14-25/h6-17,22H,5,18-19H2,1-4H3,(H,30,34)/t22-/m0/s1. The van der Waals surface area contributed by atoms with Crippen molar-refractivity contribution in [1.29, 1.82) is 0 Å². The number of nitrogens with one attached hydrogen (secondary N) is 1. The molecule has 2 amide bonds. The molecule has 3 rings (SSSR count). The van der Waals surface area contributed by atoms with Crippen LogP contribution >= 0.6 is 11.6 Å². The Kier molecular flexibility index (Phi) is 9.34. The van der Waals surface area contributed by atoms with Crippen LogP contribution in [0.3, 0.4) is 0 Å². The lowest BCUT2D eigenvalue weighted by atomic mass is 10.1. The van der Waals surface area contributed by atoms with E-state index in [0.29, 0.717) is 22.8 Å². The van der Waals surface area contributed by atoms with Gasteiger partial charge in [0.15, 0.2) is 0 Å². The van der Waals surface area contributed by atoms with E-state index in [9.17, 15) is 18.0 Å². The van der Waals surface area contributed by atoms with Crippen molar-refractivity contribution in [1.82, 2.24) is 10.2 Å². The molecule has 0 saturated carbocycles. The lowest BCUT2D eigenvalue weighted by Crippen LogP contribution is -2.51. The van der Waals surface area contributed by atoms with E-state index in [-0.39, 0.29) is 17.3 Å². The number of hydrogen-bond donors (Lipinski definition) is 1. The topological polar surface area (TPSA) is 86.8 Å². The predicted molar refractivity (Wildman–Crippen MR) is 147 cm³/mol. The van der Waals surface area contributed by atoms with Crippen molar-refractivity contribution in [3.05, 3.63) is 94.5 Å². The van der Waals surface area contributed by atoms with Crippen molar-refractivity contribution in [2.75, 3.05) is 17.4 Å². The van der Waals surface area contributed by atoms with Crippen molar-refractivity contribution < 1.29 is 18.0 Å². The molecule has 0 unspecified atom stereocenters. The van der Waals surface area contributed by atoms with Gasteiger partial charge < -0.3 is 10.2 Å². The summed E-state index contributed by atoms with van der Waals surface area (Å²) >= 11 is 6.24. The number of hydrogen-bond acceptors (Lipinski definition) is 4. The van der Waals surface area contributed by atoms with Crippen LogP contribution in [0.15, 0.2) is 77.7 Å². The zero-order valence-corrected chi connectivity index (χ0v) is 23.0. The van der Waals surface area contributed by atoms with Gasteiger partial charge in [0.1, 0.15) is 12.6 Å². The number of halogens is 1.